The minimum atomic E-state index is -1.53. The van der Waals surface area contributed by atoms with Gasteiger partial charge < -0.3 is 34.6 Å². The molecular weight excluding hydrogens is 448 g/mol. The highest BCUT2D eigenvalue weighted by Crippen LogP contribution is 2.32. The summed E-state index contributed by atoms with van der Waals surface area (Å²) in [7, 11) is 0. The van der Waals surface area contributed by atoms with Crippen LogP contribution in [0.5, 0.6) is 0 Å². The van der Waals surface area contributed by atoms with Gasteiger partial charge in [-0.1, -0.05) is 0 Å². The average Bonchev–Trinajstić information content (AvgIpc) is 3.23. The number of nitrogens with one attached hydrogen (secondary N) is 2. The predicted octanol–water partition coefficient (Wildman–Crippen LogP) is -4.66. The van der Waals surface area contributed by atoms with E-state index in [2.05, 4.69) is 0 Å². The molecule has 2 aromatic heterocycles. The van der Waals surface area contributed by atoms with Crippen LogP contribution in [-0.2, 0) is 14.2 Å². The van der Waals surface area contributed by atoms with E-state index in [4.69, 9.17) is 14.2 Å². The lowest BCUT2D eigenvalue weighted by molar-refractivity contribution is -0.111. The van der Waals surface area contributed by atoms with Crippen LogP contribution in [0, 0.1) is 0 Å². The SMILES string of the molecule is O=c1ccn([C@@H]2O[C@H](CO[C@H]3[C@@H](O)[C@H](n4ccc(=O)[nH]c4=O)O[C@@H]3CO)[C@@H](O)[C@H]2O)c(=O)[nH]1. The van der Waals surface area contributed by atoms with Crippen LogP contribution < -0.4 is 22.5 Å². The molecule has 2 aliphatic rings. The number of ether oxygens (including phenoxy) is 3. The highest BCUT2D eigenvalue weighted by Gasteiger charge is 2.48. The smallest absolute Gasteiger partial charge is 0.330 e. The van der Waals surface area contributed by atoms with E-state index in [0.29, 0.717) is 0 Å². The molecule has 0 aliphatic carbocycles. The zero-order chi connectivity index (χ0) is 23.9. The summed E-state index contributed by atoms with van der Waals surface area (Å²) in [4.78, 5) is 50.5. The highest BCUT2D eigenvalue weighted by molar-refractivity contribution is 4.96. The summed E-state index contributed by atoms with van der Waals surface area (Å²) < 4.78 is 18.5. The van der Waals surface area contributed by atoms with Gasteiger partial charge in [0, 0.05) is 24.5 Å². The predicted molar refractivity (Wildman–Crippen MR) is 105 cm³/mol. The molecule has 15 nitrogen and oxygen atoms in total. The Kier molecular flexibility index (Phi) is 6.44. The molecule has 15 heteroatoms. The van der Waals surface area contributed by atoms with Crippen molar-refractivity contribution >= 4 is 0 Å². The van der Waals surface area contributed by atoms with Crippen molar-refractivity contribution in [2.45, 2.75) is 49.1 Å². The first-order valence-electron chi connectivity index (χ1n) is 9.92. The summed E-state index contributed by atoms with van der Waals surface area (Å²) >= 11 is 0. The van der Waals surface area contributed by atoms with Crippen molar-refractivity contribution in [1.82, 2.24) is 19.1 Å². The fourth-order valence-electron chi connectivity index (χ4n) is 3.86. The van der Waals surface area contributed by atoms with E-state index < -0.39 is 78.2 Å². The maximum Gasteiger partial charge on any atom is 0.330 e. The summed E-state index contributed by atoms with van der Waals surface area (Å²) in [5, 5.41) is 40.9. The zero-order valence-corrected chi connectivity index (χ0v) is 16.9. The van der Waals surface area contributed by atoms with Crippen molar-refractivity contribution in [3.05, 3.63) is 66.2 Å². The molecular formula is C18H22N4O11. The Bertz CT molecular complexity index is 1220. The Morgan fingerprint density at radius 3 is 1.85 bits per heavy atom. The molecule has 0 amide bonds. The van der Waals surface area contributed by atoms with Gasteiger partial charge in [0.2, 0.25) is 0 Å². The van der Waals surface area contributed by atoms with Crippen molar-refractivity contribution < 1.29 is 34.6 Å². The zero-order valence-electron chi connectivity index (χ0n) is 16.9. The molecule has 0 saturated carbocycles. The second kappa shape index (κ2) is 9.14. The molecule has 2 saturated heterocycles. The van der Waals surface area contributed by atoms with E-state index in [1.165, 1.54) is 0 Å². The maximum absolute atomic E-state index is 12.0. The molecule has 0 spiro atoms. The summed E-state index contributed by atoms with van der Waals surface area (Å²) in [5.41, 5.74) is -2.98. The van der Waals surface area contributed by atoms with Crippen molar-refractivity contribution in [2.24, 2.45) is 0 Å². The Balaban J connectivity index is 1.47. The van der Waals surface area contributed by atoms with Crippen LogP contribution in [0.1, 0.15) is 12.5 Å². The molecule has 0 radical (unpaired) electrons. The molecule has 2 fully saturated rings. The topological polar surface area (TPSA) is 218 Å². The molecule has 33 heavy (non-hydrogen) atoms. The van der Waals surface area contributed by atoms with Crippen LogP contribution in [0.2, 0.25) is 0 Å². The number of rotatable bonds is 6. The van der Waals surface area contributed by atoms with E-state index in [-0.39, 0.29) is 6.61 Å². The Morgan fingerprint density at radius 1 is 0.818 bits per heavy atom. The van der Waals surface area contributed by atoms with Gasteiger partial charge in [-0.25, -0.2) is 9.59 Å². The van der Waals surface area contributed by atoms with E-state index >= 15 is 0 Å². The number of aromatic nitrogens is 4. The van der Waals surface area contributed by atoms with Crippen molar-refractivity contribution in [1.29, 1.82) is 0 Å². The monoisotopic (exact) mass is 470 g/mol. The van der Waals surface area contributed by atoms with Gasteiger partial charge in [0.1, 0.15) is 36.6 Å². The van der Waals surface area contributed by atoms with Crippen LogP contribution in [0.3, 0.4) is 0 Å². The molecule has 4 rings (SSSR count). The largest absolute Gasteiger partial charge is 0.394 e. The van der Waals surface area contributed by atoms with Gasteiger partial charge in [0.25, 0.3) is 11.1 Å². The minimum absolute atomic E-state index is 0.387. The first-order chi connectivity index (χ1) is 15.7. The summed E-state index contributed by atoms with van der Waals surface area (Å²) in [6, 6.07) is 2.10. The number of hydrogen-bond acceptors (Lipinski definition) is 11. The van der Waals surface area contributed by atoms with Gasteiger partial charge >= 0.3 is 11.4 Å². The van der Waals surface area contributed by atoms with Crippen LogP contribution in [-0.4, -0.2) is 89.4 Å². The first-order valence-corrected chi connectivity index (χ1v) is 9.92. The van der Waals surface area contributed by atoms with Crippen molar-refractivity contribution in [2.75, 3.05) is 13.2 Å². The number of aliphatic hydroxyl groups excluding tert-OH is 4. The summed E-state index contributed by atoms with van der Waals surface area (Å²) in [6.07, 6.45) is -8.21. The maximum atomic E-state index is 12.0. The molecule has 180 valence electrons. The lowest BCUT2D eigenvalue weighted by Crippen LogP contribution is -2.41. The average molecular weight is 470 g/mol. The molecule has 6 N–H and O–H groups in total. The highest BCUT2D eigenvalue weighted by atomic mass is 16.6. The second-order valence-electron chi connectivity index (χ2n) is 7.62. The van der Waals surface area contributed by atoms with E-state index in [9.17, 15) is 39.6 Å². The normalized spacial score (nSPS) is 34.1. The molecule has 2 aliphatic heterocycles. The van der Waals surface area contributed by atoms with E-state index in [0.717, 1.165) is 33.7 Å². The quantitative estimate of drug-likeness (QED) is 0.236. The van der Waals surface area contributed by atoms with Crippen LogP contribution in [0.15, 0.2) is 43.7 Å². The summed E-state index contributed by atoms with van der Waals surface area (Å²) in [5.74, 6) is 0. The lowest BCUT2D eigenvalue weighted by Gasteiger charge is -2.23. The summed E-state index contributed by atoms with van der Waals surface area (Å²) in [6.45, 7) is -0.968. The van der Waals surface area contributed by atoms with Gasteiger partial charge in [-0.15, -0.1) is 0 Å². The van der Waals surface area contributed by atoms with Crippen LogP contribution >= 0.6 is 0 Å². The third-order valence-corrected chi connectivity index (χ3v) is 5.53. The van der Waals surface area contributed by atoms with Gasteiger partial charge in [0.15, 0.2) is 12.5 Å². The Hall–Kier alpha value is -2.92. The molecule has 2 aromatic rings. The second-order valence-corrected chi connectivity index (χ2v) is 7.62. The number of aliphatic hydroxyl groups is 4. The number of hydrogen-bond donors (Lipinski definition) is 6. The van der Waals surface area contributed by atoms with Crippen LogP contribution in [0.4, 0.5) is 0 Å². The van der Waals surface area contributed by atoms with Gasteiger partial charge in [-0.3, -0.25) is 28.7 Å². The van der Waals surface area contributed by atoms with Gasteiger partial charge in [0.05, 0.1) is 13.2 Å². The van der Waals surface area contributed by atoms with Crippen molar-refractivity contribution in [3.8, 4) is 0 Å². The number of aromatic amines is 2. The van der Waals surface area contributed by atoms with Gasteiger partial charge in [-0.05, 0) is 0 Å². The van der Waals surface area contributed by atoms with Gasteiger partial charge in [-0.2, -0.15) is 0 Å². The Morgan fingerprint density at radius 2 is 1.33 bits per heavy atom. The standard InChI is InChI=1S/C18H22N4O11/c23-5-7-14(13(28)16(32-7)22-4-2-10(25)20-18(22)30)31-6-8-11(26)12(27)15(33-8)21-3-1-9(24)19-17(21)29/h1-4,7-8,11-16,23,26-28H,5-6H2,(H,19,24,29)(H,20,25,30)/t7-,8-,11-,12-,13-,14-,15-,16-/m1/s1. The minimum Gasteiger partial charge on any atom is -0.394 e. The third-order valence-electron chi connectivity index (χ3n) is 5.53. The third kappa shape index (κ3) is 4.34. The fraction of sp³-hybridized carbons (Fsp3) is 0.556. The fourth-order valence-corrected chi connectivity index (χ4v) is 3.86. The molecule has 4 heterocycles. The molecule has 0 unspecified atom stereocenters. The number of nitrogens with zero attached hydrogens (tertiary/aromatic N) is 2. The van der Waals surface area contributed by atoms with Crippen LogP contribution in [0.25, 0.3) is 0 Å². The van der Waals surface area contributed by atoms with E-state index in [1.54, 1.807) is 0 Å². The molecule has 8 atom stereocenters. The lowest BCUT2D eigenvalue weighted by atomic mass is 10.1. The Labute approximate surface area is 183 Å². The molecule has 0 bridgehead atoms. The number of H-pyrrole nitrogens is 2. The van der Waals surface area contributed by atoms with Crippen molar-refractivity contribution in [3.63, 3.8) is 0 Å². The van der Waals surface area contributed by atoms with E-state index in [1.807, 2.05) is 9.97 Å². The first kappa shape index (κ1) is 23.2. The molecule has 0 aromatic carbocycles.